The van der Waals surface area contributed by atoms with Crippen molar-refractivity contribution < 1.29 is 15.0 Å². The summed E-state index contributed by atoms with van der Waals surface area (Å²) in [6.07, 6.45) is -0.740. The molecule has 0 saturated carbocycles. The van der Waals surface area contributed by atoms with Gasteiger partial charge in [0.2, 0.25) is 5.91 Å². The highest BCUT2D eigenvalue weighted by atomic mass is 32.2. The monoisotopic (exact) mass is 275 g/mol. The van der Waals surface area contributed by atoms with Crippen molar-refractivity contribution in [3.8, 4) is 0 Å². The van der Waals surface area contributed by atoms with E-state index in [4.69, 9.17) is 10.2 Å². The van der Waals surface area contributed by atoms with E-state index < -0.39 is 6.10 Å². The predicted molar refractivity (Wildman–Crippen MR) is 71.2 cm³/mol. The van der Waals surface area contributed by atoms with E-state index in [0.29, 0.717) is 18.1 Å². The van der Waals surface area contributed by atoms with Crippen molar-refractivity contribution in [1.82, 2.24) is 4.90 Å². The molecule has 1 amide bonds. The molecule has 2 N–H and O–H groups in total. The van der Waals surface area contributed by atoms with Gasteiger partial charge in [0.25, 0.3) is 0 Å². The molecule has 1 unspecified atom stereocenters. The second kappa shape index (κ2) is 7.71. The number of carbonyl (C=O) groups excluding carboxylic acids is 1. The molecule has 0 spiro atoms. The van der Waals surface area contributed by atoms with Crippen LogP contribution in [-0.4, -0.2) is 52.3 Å². The number of nitrogens with zero attached hydrogens (tertiary/aromatic N) is 1. The van der Waals surface area contributed by atoms with Gasteiger partial charge in [-0.05, 0) is 11.4 Å². The Labute approximate surface area is 109 Å². The lowest BCUT2D eigenvalue weighted by molar-refractivity contribution is -0.127. The van der Waals surface area contributed by atoms with E-state index in [1.54, 1.807) is 23.3 Å². The fraction of sp³-hybridized carbons (Fsp3) is 0.545. The summed E-state index contributed by atoms with van der Waals surface area (Å²) >= 11 is 2.96. The highest BCUT2D eigenvalue weighted by molar-refractivity contribution is 7.99. The fourth-order valence-corrected chi connectivity index (χ4v) is 2.82. The minimum atomic E-state index is -0.740. The van der Waals surface area contributed by atoms with Crippen LogP contribution >= 0.6 is 23.1 Å². The largest absolute Gasteiger partial charge is 0.394 e. The van der Waals surface area contributed by atoms with E-state index in [-0.39, 0.29) is 12.5 Å². The van der Waals surface area contributed by atoms with E-state index in [9.17, 15) is 4.79 Å². The highest BCUT2D eigenvalue weighted by Gasteiger charge is 2.11. The van der Waals surface area contributed by atoms with Gasteiger partial charge in [0.15, 0.2) is 0 Å². The number of rotatable bonds is 7. The van der Waals surface area contributed by atoms with E-state index in [0.717, 1.165) is 4.88 Å². The number of thiophene rings is 1. The molecule has 0 aliphatic rings. The third-order valence-corrected chi connectivity index (χ3v) is 4.08. The molecule has 0 aliphatic carbocycles. The number of aliphatic hydroxyl groups excluding tert-OH is 2. The lowest BCUT2D eigenvalue weighted by Crippen LogP contribution is -2.28. The van der Waals surface area contributed by atoms with Gasteiger partial charge in [-0.1, -0.05) is 6.07 Å². The van der Waals surface area contributed by atoms with Crippen molar-refractivity contribution in [3.05, 3.63) is 22.4 Å². The standard InChI is InChI=1S/C11H17NO3S2/c1-12(5-10-3-2-4-17-10)11(15)8-16-7-9(14)6-13/h2-4,9,13-14H,5-8H2,1H3. The smallest absolute Gasteiger partial charge is 0.232 e. The quantitative estimate of drug-likeness (QED) is 0.772. The van der Waals surface area contributed by atoms with E-state index in [1.165, 1.54) is 11.8 Å². The van der Waals surface area contributed by atoms with Gasteiger partial charge in [0.05, 0.1) is 25.0 Å². The van der Waals surface area contributed by atoms with Gasteiger partial charge in [-0.25, -0.2) is 0 Å². The molecule has 1 aromatic heterocycles. The van der Waals surface area contributed by atoms with Crippen molar-refractivity contribution >= 4 is 29.0 Å². The van der Waals surface area contributed by atoms with Crippen molar-refractivity contribution in [2.24, 2.45) is 0 Å². The zero-order valence-electron chi connectivity index (χ0n) is 9.70. The van der Waals surface area contributed by atoms with Gasteiger partial charge in [-0.3, -0.25) is 4.79 Å². The number of aliphatic hydroxyl groups is 2. The maximum Gasteiger partial charge on any atom is 0.232 e. The summed E-state index contributed by atoms with van der Waals surface area (Å²) in [6.45, 7) is 0.367. The minimum absolute atomic E-state index is 0.0357. The van der Waals surface area contributed by atoms with Crippen LogP contribution in [0.25, 0.3) is 0 Å². The SMILES string of the molecule is CN(Cc1cccs1)C(=O)CSCC(O)CO. The topological polar surface area (TPSA) is 60.8 Å². The van der Waals surface area contributed by atoms with Crippen LogP contribution in [0, 0.1) is 0 Å². The van der Waals surface area contributed by atoms with Crippen LogP contribution in [-0.2, 0) is 11.3 Å². The van der Waals surface area contributed by atoms with Gasteiger partial charge < -0.3 is 15.1 Å². The molecule has 17 heavy (non-hydrogen) atoms. The Kier molecular flexibility index (Phi) is 6.57. The van der Waals surface area contributed by atoms with Crippen molar-refractivity contribution in [3.63, 3.8) is 0 Å². The second-order valence-electron chi connectivity index (χ2n) is 3.68. The Morgan fingerprint density at radius 3 is 3.00 bits per heavy atom. The fourth-order valence-electron chi connectivity index (χ4n) is 1.17. The van der Waals surface area contributed by atoms with Crippen LogP contribution in [0.15, 0.2) is 17.5 Å². The molecule has 6 heteroatoms. The molecule has 0 radical (unpaired) electrons. The Morgan fingerprint density at radius 1 is 1.65 bits per heavy atom. The number of thioether (sulfide) groups is 1. The van der Waals surface area contributed by atoms with E-state index >= 15 is 0 Å². The molecular weight excluding hydrogens is 258 g/mol. The molecule has 0 aromatic carbocycles. The van der Waals surface area contributed by atoms with Crippen LogP contribution in [0.2, 0.25) is 0 Å². The summed E-state index contributed by atoms with van der Waals surface area (Å²) < 4.78 is 0. The third kappa shape index (κ3) is 5.54. The molecule has 1 atom stereocenters. The summed E-state index contributed by atoms with van der Waals surface area (Å²) in [5, 5.41) is 19.7. The van der Waals surface area contributed by atoms with E-state index in [1.807, 2.05) is 17.5 Å². The minimum Gasteiger partial charge on any atom is -0.394 e. The third-order valence-electron chi connectivity index (χ3n) is 2.15. The average Bonchev–Trinajstić information content (AvgIpc) is 2.81. The van der Waals surface area contributed by atoms with Crippen LogP contribution in [0.1, 0.15) is 4.88 Å². The summed E-state index contributed by atoms with van der Waals surface area (Å²) in [7, 11) is 1.77. The van der Waals surface area contributed by atoms with Crippen LogP contribution < -0.4 is 0 Å². The number of carbonyl (C=O) groups is 1. The first-order valence-electron chi connectivity index (χ1n) is 5.26. The molecule has 0 bridgehead atoms. The predicted octanol–water partition coefficient (Wildman–Crippen LogP) is 0.793. The number of hydrogen-bond acceptors (Lipinski definition) is 5. The molecule has 96 valence electrons. The Morgan fingerprint density at radius 2 is 2.41 bits per heavy atom. The van der Waals surface area contributed by atoms with Gasteiger partial charge in [-0.15, -0.1) is 23.1 Å². The Balaban J connectivity index is 2.23. The Hall–Kier alpha value is -0.560. The molecule has 1 aromatic rings. The average molecular weight is 275 g/mol. The Bertz CT molecular complexity index is 329. The van der Waals surface area contributed by atoms with Gasteiger partial charge in [-0.2, -0.15) is 0 Å². The second-order valence-corrected chi connectivity index (χ2v) is 5.74. The first kappa shape index (κ1) is 14.5. The van der Waals surface area contributed by atoms with Gasteiger partial charge in [0.1, 0.15) is 0 Å². The normalized spacial score (nSPS) is 12.4. The molecule has 1 heterocycles. The maximum absolute atomic E-state index is 11.7. The molecule has 4 nitrogen and oxygen atoms in total. The van der Waals surface area contributed by atoms with Gasteiger partial charge >= 0.3 is 0 Å². The maximum atomic E-state index is 11.7. The molecule has 0 saturated heterocycles. The molecule has 1 rings (SSSR count). The lowest BCUT2D eigenvalue weighted by atomic mass is 10.4. The van der Waals surface area contributed by atoms with Crippen molar-refractivity contribution in [2.75, 3.05) is 25.2 Å². The van der Waals surface area contributed by atoms with Crippen molar-refractivity contribution in [2.45, 2.75) is 12.6 Å². The lowest BCUT2D eigenvalue weighted by Gasteiger charge is -2.16. The number of hydrogen-bond donors (Lipinski definition) is 2. The zero-order valence-corrected chi connectivity index (χ0v) is 11.3. The molecular formula is C11H17NO3S2. The summed E-state index contributed by atoms with van der Waals surface area (Å²) in [6, 6.07) is 3.96. The highest BCUT2D eigenvalue weighted by Crippen LogP contribution is 2.12. The van der Waals surface area contributed by atoms with Crippen LogP contribution in [0.4, 0.5) is 0 Å². The first-order chi connectivity index (χ1) is 8.13. The van der Waals surface area contributed by atoms with Crippen LogP contribution in [0.3, 0.4) is 0 Å². The van der Waals surface area contributed by atoms with Crippen molar-refractivity contribution in [1.29, 1.82) is 0 Å². The number of amides is 1. The summed E-state index contributed by atoms with van der Waals surface area (Å²) in [5.41, 5.74) is 0. The van der Waals surface area contributed by atoms with E-state index in [2.05, 4.69) is 0 Å². The zero-order chi connectivity index (χ0) is 12.7. The molecule has 0 aliphatic heterocycles. The first-order valence-corrected chi connectivity index (χ1v) is 7.30. The molecule has 0 fully saturated rings. The van der Waals surface area contributed by atoms with Crippen LogP contribution in [0.5, 0.6) is 0 Å². The summed E-state index contributed by atoms with van der Waals surface area (Å²) in [4.78, 5) is 14.5. The summed E-state index contributed by atoms with van der Waals surface area (Å²) in [5.74, 6) is 0.752. The van der Waals surface area contributed by atoms with Gasteiger partial charge in [0, 0.05) is 17.7 Å².